The van der Waals surface area contributed by atoms with E-state index in [2.05, 4.69) is 20.7 Å². The van der Waals surface area contributed by atoms with E-state index in [0.717, 1.165) is 10.6 Å². The molecule has 4 nitrogen and oxygen atoms in total. The molecule has 2 aromatic rings. The molecule has 1 atom stereocenters. The van der Waals surface area contributed by atoms with Gasteiger partial charge in [-0.1, -0.05) is 29.3 Å². The Bertz CT molecular complexity index is 725. The van der Waals surface area contributed by atoms with E-state index in [9.17, 15) is 0 Å². The molecule has 1 aromatic carbocycles. The van der Waals surface area contributed by atoms with Crippen molar-refractivity contribution in [3.05, 3.63) is 49.9 Å². The number of hydrogen-bond donors (Lipinski definition) is 2. The van der Waals surface area contributed by atoms with Gasteiger partial charge in [-0.25, -0.2) is 9.98 Å². The summed E-state index contributed by atoms with van der Waals surface area (Å²) < 4.78 is 0. The number of thiazole rings is 1. The first-order chi connectivity index (χ1) is 11.0. The fraction of sp³-hybridized carbons (Fsp3) is 0.375. The van der Waals surface area contributed by atoms with Crippen LogP contribution >= 0.6 is 34.5 Å². The average Bonchev–Trinajstić information content (AvgIpc) is 3.24. The number of guanidine groups is 1. The summed E-state index contributed by atoms with van der Waals surface area (Å²) in [5.41, 5.74) is 8.10. The Kier molecular flexibility index (Phi) is 5.09. The number of hydrogen-bond acceptors (Lipinski definition) is 3. The van der Waals surface area contributed by atoms with Gasteiger partial charge in [-0.2, -0.15) is 0 Å². The smallest absolute Gasteiger partial charge is 0.189 e. The van der Waals surface area contributed by atoms with Gasteiger partial charge in [0.2, 0.25) is 0 Å². The molecule has 0 aliphatic heterocycles. The first kappa shape index (κ1) is 16.6. The van der Waals surface area contributed by atoms with Gasteiger partial charge in [0.1, 0.15) is 5.01 Å². The lowest BCUT2D eigenvalue weighted by Gasteiger charge is -2.16. The second-order valence-corrected chi connectivity index (χ2v) is 7.46. The normalized spacial score (nSPS) is 16.4. The Morgan fingerprint density at radius 3 is 2.96 bits per heavy atom. The van der Waals surface area contributed by atoms with Crippen LogP contribution in [0.4, 0.5) is 0 Å². The number of nitrogens with zero attached hydrogens (tertiary/aromatic N) is 2. The third-order valence-electron chi connectivity index (χ3n) is 3.74. The molecule has 0 amide bonds. The molecular formula is C16H18Cl2N4S. The van der Waals surface area contributed by atoms with Crippen LogP contribution in [0.3, 0.4) is 0 Å². The lowest BCUT2D eigenvalue weighted by Crippen LogP contribution is -2.34. The van der Waals surface area contributed by atoms with E-state index < -0.39 is 0 Å². The first-order valence-corrected chi connectivity index (χ1v) is 9.12. The molecular weight excluding hydrogens is 351 g/mol. The quantitative estimate of drug-likeness (QED) is 0.603. The number of nitrogens with two attached hydrogens (primary N) is 1. The van der Waals surface area contributed by atoms with Gasteiger partial charge in [-0.3, -0.25) is 0 Å². The summed E-state index contributed by atoms with van der Waals surface area (Å²) in [5.74, 6) is 1.05. The second-order valence-electron chi connectivity index (χ2n) is 5.67. The SMILES string of the molecule is CC(NC(N)=NCc1nc(C2CC2)cs1)c1ccc(Cl)cc1Cl. The molecule has 0 saturated heterocycles. The van der Waals surface area contributed by atoms with Crippen LogP contribution in [0.25, 0.3) is 0 Å². The van der Waals surface area contributed by atoms with Crippen molar-refractivity contribution in [3.63, 3.8) is 0 Å². The summed E-state index contributed by atoms with van der Waals surface area (Å²) in [4.78, 5) is 8.96. The Balaban J connectivity index is 1.59. The van der Waals surface area contributed by atoms with E-state index in [4.69, 9.17) is 28.9 Å². The largest absolute Gasteiger partial charge is 0.370 e. The summed E-state index contributed by atoms with van der Waals surface area (Å²) in [6.45, 7) is 2.48. The summed E-state index contributed by atoms with van der Waals surface area (Å²) in [6.07, 6.45) is 2.52. The van der Waals surface area contributed by atoms with Gasteiger partial charge in [-0.15, -0.1) is 11.3 Å². The molecule has 0 spiro atoms. The van der Waals surface area contributed by atoms with Gasteiger partial charge in [0.05, 0.1) is 18.3 Å². The Morgan fingerprint density at radius 2 is 2.26 bits per heavy atom. The van der Waals surface area contributed by atoms with Gasteiger partial charge >= 0.3 is 0 Å². The molecule has 1 saturated carbocycles. The minimum absolute atomic E-state index is 0.0539. The van der Waals surface area contributed by atoms with Crippen molar-refractivity contribution in [2.24, 2.45) is 10.7 Å². The van der Waals surface area contributed by atoms with Crippen molar-refractivity contribution in [2.75, 3.05) is 0 Å². The molecule has 0 bridgehead atoms. The average molecular weight is 369 g/mol. The van der Waals surface area contributed by atoms with E-state index in [-0.39, 0.29) is 6.04 Å². The summed E-state index contributed by atoms with van der Waals surface area (Å²) in [7, 11) is 0. The number of nitrogens with one attached hydrogen (secondary N) is 1. The monoisotopic (exact) mass is 368 g/mol. The first-order valence-electron chi connectivity index (χ1n) is 7.48. The van der Waals surface area contributed by atoms with Gasteiger partial charge in [0.15, 0.2) is 5.96 Å². The fourth-order valence-electron chi connectivity index (χ4n) is 2.32. The third kappa shape index (κ3) is 4.37. The minimum atomic E-state index is -0.0539. The topological polar surface area (TPSA) is 63.3 Å². The van der Waals surface area contributed by atoms with Crippen LogP contribution in [0.2, 0.25) is 10.0 Å². The van der Waals surface area contributed by atoms with Crippen LogP contribution in [0, 0.1) is 0 Å². The summed E-state index contributed by atoms with van der Waals surface area (Å²) >= 11 is 13.8. The number of benzene rings is 1. The molecule has 1 aromatic heterocycles. The number of aromatic nitrogens is 1. The van der Waals surface area contributed by atoms with E-state index in [1.165, 1.54) is 18.5 Å². The third-order valence-corrected chi connectivity index (χ3v) is 5.16. The Labute approximate surface area is 149 Å². The van der Waals surface area contributed by atoms with Crippen LogP contribution < -0.4 is 11.1 Å². The molecule has 1 aliphatic carbocycles. The van der Waals surface area contributed by atoms with Crippen molar-refractivity contribution in [2.45, 2.75) is 38.3 Å². The highest BCUT2D eigenvalue weighted by Crippen LogP contribution is 2.40. The summed E-state index contributed by atoms with van der Waals surface area (Å²) in [6, 6.07) is 5.36. The molecule has 23 heavy (non-hydrogen) atoms. The van der Waals surface area contributed by atoms with Crippen molar-refractivity contribution >= 4 is 40.5 Å². The molecule has 122 valence electrons. The van der Waals surface area contributed by atoms with Crippen LogP contribution in [0.1, 0.15) is 48.0 Å². The molecule has 1 fully saturated rings. The molecule has 0 radical (unpaired) electrons. The van der Waals surface area contributed by atoms with E-state index in [1.54, 1.807) is 17.4 Å². The predicted octanol–water partition coefficient (Wildman–Crippen LogP) is 4.49. The lowest BCUT2D eigenvalue weighted by atomic mass is 10.1. The minimum Gasteiger partial charge on any atom is -0.370 e. The van der Waals surface area contributed by atoms with Crippen molar-refractivity contribution < 1.29 is 0 Å². The van der Waals surface area contributed by atoms with Crippen molar-refractivity contribution in [1.82, 2.24) is 10.3 Å². The molecule has 3 rings (SSSR count). The van der Waals surface area contributed by atoms with Gasteiger partial charge in [0.25, 0.3) is 0 Å². The highest BCUT2D eigenvalue weighted by atomic mass is 35.5. The Morgan fingerprint density at radius 1 is 1.48 bits per heavy atom. The van der Waals surface area contributed by atoms with Gasteiger partial charge in [-0.05, 0) is 37.5 Å². The highest BCUT2D eigenvalue weighted by molar-refractivity contribution is 7.09. The highest BCUT2D eigenvalue weighted by Gasteiger charge is 2.25. The van der Waals surface area contributed by atoms with Gasteiger partial charge < -0.3 is 11.1 Å². The standard InChI is InChI=1S/C16H18Cl2N4S/c1-9(12-5-4-11(17)6-13(12)18)21-16(19)20-7-15-22-14(8-23-15)10-2-3-10/h4-6,8-10H,2-3,7H2,1H3,(H3,19,20,21). The molecule has 1 aliphatic rings. The fourth-order valence-corrected chi connectivity index (χ4v) is 3.69. The predicted molar refractivity (Wildman–Crippen MR) is 97.4 cm³/mol. The summed E-state index contributed by atoms with van der Waals surface area (Å²) in [5, 5.41) is 7.49. The maximum absolute atomic E-state index is 6.21. The lowest BCUT2D eigenvalue weighted by molar-refractivity contribution is 0.707. The van der Waals surface area contributed by atoms with E-state index in [0.29, 0.717) is 28.5 Å². The molecule has 3 N–H and O–H groups in total. The molecule has 1 heterocycles. The zero-order valence-corrected chi connectivity index (χ0v) is 15.0. The van der Waals surface area contributed by atoms with Crippen LogP contribution in [-0.4, -0.2) is 10.9 Å². The maximum Gasteiger partial charge on any atom is 0.189 e. The molecule has 1 unspecified atom stereocenters. The second kappa shape index (κ2) is 7.07. The number of aliphatic imine (C=N–C) groups is 1. The van der Waals surface area contributed by atoms with Gasteiger partial charge in [0, 0.05) is 21.3 Å². The number of halogens is 2. The van der Waals surface area contributed by atoms with Crippen molar-refractivity contribution in [1.29, 1.82) is 0 Å². The van der Waals surface area contributed by atoms with Crippen LogP contribution in [-0.2, 0) is 6.54 Å². The van der Waals surface area contributed by atoms with Crippen molar-refractivity contribution in [3.8, 4) is 0 Å². The van der Waals surface area contributed by atoms with E-state index >= 15 is 0 Å². The number of rotatable bonds is 5. The maximum atomic E-state index is 6.21. The Hall–Kier alpha value is -1.30. The zero-order chi connectivity index (χ0) is 16.4. The zero-order valence-electron chi connectivity index (χ0n) is 12.7. The molecule has 7 heteroatoms. The van der Waals surface area contributed by atoms with Crippen LogP contribution in [0.5, 0.6) is 0 Å². The van der Waals surface area contributed by atoms with E-state index in [1.807, 2.05) is 19.1 Å². The van der Waals surface area contributed by atoms with Crippen LogP contribution in [0.15, 0.2) is 28.6 Å².